The van der Waals surface area contributed by atoms with Crippen molar-refractivity contribution in [1.82, 2.24) is 9.55 Å². The fraction of sp³-hybridized carbons (Fsp3) is 0.357. The number of hydrogen-bond donors (Lipinski definition) is 1. The Morgan fingerprint density at radius 2 is 2.21 bits per heavy atom. The molecule has 1 heterocycles. The third-order valence-electron chi connectivity index (χ3n) is 2.70. The van der Waals surface area contributed by atoms with E-state index in [1.54, 1.807) is 19.4 Å². The topological polar surface area (TPSA) is 39.1 Å². The Morgan fingerprint density at radius 1 is 1.42 bits per heavy atom. The molecule has 5 heteroatoms. The minimum absolute atomic E-state index is 0.551. The number of nitrogens with zero attached hydrogens (tertiary/aromatic N) is 2. The molecule has 0 spiro atoms. The first kappa shape index (κ1) is 13.7. The minimum atomic E-state index is 0.551. The van der Waals surface area contributed by atoms with Gasteiger partial charge in [0.2, 0.25) is 5.95 Å². The molecule has 102 valence electrons. The molecule has 1 aromatic carbocycles. The lowest BCUT2D eigenvalue weighted by Crippen LogP contribution is -2.07. The Labute approximate surface area is 118 Å². The molecular weight excluding hydrogens is 262 g/mol. The third-order valence-corrected chi connectivity index (χ3v) is 3.03. The van der Waals surface area contributed by atoms with E-state index >= 15 is 0 Å². The van der Waals surface area contributed by atoms with Gasteiger partial charge in [-0.05, 0) is 18.1 Å². The van der Waals surface area contributed by atoms with Crippen LogP contribution in [0.1, 0.15) is 13.8 Å². The van der Waals surface area contributed by atoms with Crippen LogP contribution in [0.5, 0.6) is 5.75 Å². The highest BCUT2D eigenvalue weighted by Gasteiger charge is 2.08. The first-order valence-electron chi connectivity index (χ1n) is 6.22. The van der Waals surface area contributed by atoms with Gasteiger partial charge in [0.15, 0.2) is 0 Å². The quantitative estimate of drug-likeness (QED) is 0.901. The molecule has 1 N–H and O–H groups in total. The highest BCUT2D eigenvalue weighted by Crippen LogP contribution is 2.29. The van der Waals surface area contributed by atoms with E-state index in [2.05, 4.69) is 28.7 Å². The predicted octanol–water partition coefficient (Wildman–Crippen LogP) is 3.94. The number of aromatic nitrogens is 2. The monoisotopic (exact) mass is 279 g/mol. The van der Waals surface area contributed by atoms with Crippen LogP contribution in [0, 0.1) is 5.92 Å². The third kappa shape index (κ3) is 3.41. The summed E-state index contributed by atoms with van der Waals surface area (Å²) < 4.78 is 7.27. The second kappa shape index (κ2) is 5.97. The number of rotatable bonds is 5. The largest absolute Gasteiger partial charge is 0.497 e. The van der Waals surface area contributed by atoms with Crippen LogP contribution in [0.15, 0.2) is 30.6 Å². The van der Waals surface area contributed by atoms with Gasteiger partial charge in [-0.15, -0.1) is 0 Å². The second-order valence-corrected chi connectivity index (χ2v) is 5.18. The summed E-state index contributed by atoms with van der Waals surface area (Å²) in [5, 5.41) is 3.88. The molecule has 0 saturated carbocycles. The molecule has 4 nitrogen and oxygen atoms in total. The van der Waals surface area contributed by atoms with Crippen molar-refractivity contribution >= 4 is 23.2 Å². The second-order valence-electron chi connectivity index (χ2n) is 4.77. The lowest BCUT2D eigenvalue weighted by Gasteiger charge is -2.13. The van der Waals surface area contributed by atoms with Crippen LogP contribution in [-0.4, -0.2) is 16.7 Å². The molecule has 0 aliphatic heterocycles. The number of benzene rings is 1. The van der Waals surface area contributed by atoms with Crippen LogP contribution in [0.3, 0.4) is 0 Å². The van der Waals surface area contributed by atoms with Crippen molar-refractivity contribution in [2.24, 2.45) is 5.92 Å². The summed E-state index contributed by atoms with van der Waals surface area (Å²) in [5.74, 6) is 2.09. The van der Waals surface area contributed by atoms with Gasteiger partial charge in [0.1, 0.15) is 5.75 Å². The fourth-order valence-electron chi connectivity index (χ4n) is 1.82. The first-order chi connectivity index (χ1) is 9.10. The lowest BCUT2D eigenvalue weighted by molar-refractivity contribution is 0.415. The molecule has 2 aromatic rings. The van der Waals surface area contributed by atoms with Gasteiger partial charge in [-0.3, -0.25) is 0 Å². The molecule has 1 aromatic heterocycles. The summed E-state index contributed by atoms with van der Waals surface area (Å²) in [4.78, 5) is 4.31. The smallest absolute Gasteiger partial charge is 0.207 e. The normalized spacial score (nSPS) is 10.8. The highest BCUT2D eigenvalue weighted by atomic mass is 35.5. The zero-order valence-corrected chi connectivity index (χ0v) is 12.1. The van der Waals surface area contributed by atoms with Gasteiger partial charge in [0.25, 0.3) is 0 Å². The average Bonchev–Trinajstić information content (AvgIpc) is 2.78. The molecule has 0 amide bonds. The summed E-state index contributed by atoms with van der Waals surface area (Å²) >= 11 is 6.17. The maximum Gasteiger partial charge on any atom is 0.207 e. The zero-order valence-electron chi connectivity index (χ0n) is 11.4. The maximum absolute atomic E-state index is 6.17. The van der Waals surface area contributed by atoms with Crippen LogP contribution < -0.4 is 10.1 Å². The van der Waals surface area contributed by atoms with Gasteiger partial charge in [-0.2, -0.15) is 0 Å². The van der Waals surface area contributed by atoms with E-state index < -0.39 is 0 Å². The predicted molar refractivity (Wildman–Crippen MR) is 78.4 cm³/mol. The van der Waals surface area contributed by atoms with E-state index in [1.165, 1.54) is 0 Å². The summed E-state index contributed by atoms with van der Waals surface area (Å²) in [6.45, 7) is 5.24. The van der Waals surface area contributed by atoms with Crippen LogP contribution in [-0.2, 0) is 6.54 Å². The standard InChI is InChI=1S/C14H18ClN3O/c1-10(2)9-18-7-6-16-14(18)17-13-8-11(19-3)4-5-12(13)15/h4-8,10H,9H2,1-3H3,(H,16,17). The molecule has 0 aliphatic carbocycles. The summed E-state index contributed by atoms with van der Waals surface area (Å²) in [5.41, 5.74) is 0.789. The van der Waals surface area contributed by atoms with Crippen LogP contribution in [0.25, 0.3) is 0 Å². The van der Waals surface area contributed by atoms with Crippen molar-refractivity contribution in [2.75, 3.05) is 12.4 Å². The van der Waals surface area contributed by atoms with Crippen LogP contribution in [0.4, 0.5) is 11.6 Å². The van der Waals surface area contributed by atoms with Gasteiger partial charge in [0, 0.05) is 25.0 Å². The number of anilines is 2. The SMILES string of the molecule is COc1ccc(Cl)c(Nc2nccn2CC(C)C)c1. The maximum atomic E-state index is 6.17. The van der Waals surface area contributed by atoms with E-state index in [-0.39, 0.29) is 0 Å². The molecule has 2 rings (SSSR count). The van der Waals surface area contributed by atoms with E-state index in [9.17, 15) is 0 Å². The number of methoxy groups -OCH3 is 1. The van der Waals surface area contributed by atoms with Gasteiger partial charge < -0.3 is 14.6 Å². The molecule has 0 fully saturated rings. The zero-order chi connectivity index (χ0) is 13.8. The molecule has 0 radical (unpaired) electrons. The molecule has 19 heavy (non-hydrogen) atoms. The van der Waals surface area contributed by atoms with Crippen LogP contribution >= 0.6 is 11.6 Å². The Morgan fingerprint density at radius 3 is 2.89 bits per heavy atom. The van der Waals surface area contributed by atoms with Crippen molar-refractivity contribution in [3.05, 3.63) is 35.6 Å². The molecule has 0 unspecified atom stereocenters. The Balaban J connectivity index is 2.23. The van der Waals surface area contributed by atoms with Gasteiger partial charge in [-0.25, -0.2) is 4.98 Å². The van der Waals surface area contributed by atoms with Crippen molar-refractivity contribution in [2.45, 2.75) is 20.4 Å². The molecule has 0 saturated heterocycles. The molecule has 0 atom stereocenters. The van der Waals surface area contributed by atoms with Crippen molar-refractivity contribution in [1.29, 1.82) is 0 Å². The Kier molecular flexibility index (Phi) is 4.32. The van der Waals surface area contributed by atoms with Gasteiger partial charge in [-0.1, -0.05) is 25.4 Å². The number of hydrogen-bond acceptors (Lipinski definition) is 3. The van der Waals surface area contributed by atoms with Crippen molar-refractivity contribution in [3.63, 3.8) is 0 Å². The van der Waals surface area contributed by atoms with Crippen LogP contribution in [0.2, 0.25) is 5.02 Å². The first-order valence-corrected chi connectivity index (χ1v) is 6.59. The Hall–Kier alpha value is -1.68. The van der Waals surface area contributed by atoms with Gasteiger partial charge in [0.05, 0.1) is 17.8 Å². The van der Waals surface area contributed by atoms with E-state index in [4.69, 9.17) is 16.3 Å². The molecular formula is C14H18ClN3O. The molecule has 0 bridgehead atoms. The Bertz CT molecular complexity index is 551. The number of imidazole rings is 1. The number of halogens is 1. The lowest BCUT2D eigenvalue weighted by atomic mass is 10.2. The summed E-state index contributed by atoms with van der Waals surface area (Å²) in [6, 6.07) is 5.49. The van der Waals surface area contributed by atoms with E-state index in [1.807, 2.05) is 18.3 Å². The summed E-state index contributed by atoms with van der Waals surface area (Å²) in [6.07, 6.45) is 3.73. The van der Waals surface area contributed by atoms with Crippen molar-refractivity contribution < 1.29 is 4.74 Å². The number of nitrogens with one attached hydrogen (secondary N) is 1. The average molecular weight is 280 g/mol. The van der Waals surface area contributed by atoms with E-state index in [0.29, 0.717) is 10.9 Å². The van der Waals surface area contributed by atoms with Gasteiger partial charge >= 0.3 is 0 Å². The highest BCUT2D eigenvalue weighted by molar-refractivity contribution is 6.33. The fourth-order valence-corrected chi connectivity index (χ4v) is 1.99. The minimum Gasteiger partial charge on any atom is -0.497 e. The summed E-state index contributed by atoms with van der Waals surface area (Å²) in [7, 11) is 1.63. The van der Waals surface area contributed by atoms with E-state index in [0.717, 1.165) is 23.9 Å². The molecule has 0 aliphatic rings. The number of ether oxygens (including phenoxy) is 1. The van der Waals surface area contributed by atoms with Crippen molar-refractivity contribution in [3.8, 4) is 5.75 Å².